The van der Waals surface area contributed by atoms with Gasteiger partial charge in [-0.05, 0) is 19.4 Å². The van der Waals surface area contributed by atoms with E-state index in [1.54, 1.807) is 19.1 Å². The maximum Gasteiger partial charge on any atom is 0.325 e. The van der Waals surface area contributed by atoms with Gasteiger partial charge in [-0.15, -0.1) is 0 Å². The SMILES string of the molecule is Cc1ccc(C2(C)NC(=O)N(CC(=O)NCCN)C2=O)cc1. The molecule has 0 aliphatic carbocycles. The average Bonchev–Trinajstić information content (AvgIpc) is 2.70. The van der Waals surface area contributed by atoms with Gasteiger partial charge >= 0.3 is 6.03 Å². The van der Waals surface area contributed by atoms with Crippen molar-refractivity contribution in [1.29, 1.82) is 0 Å². The lowest BCUT2D eigenvalue weighted by Gasteiger charge is -2.22. The van der Waals surface area contributed by atoms with Crippen LogP contribution in [0.1, 0.15) is 18.1 Å². The Balaban J connectivity index is 2.17. The first kappa shape index (κ1) is 16.0. The molecule has 118 valence electrons. The van der Waals surface area contributed by atoms with Crippen molar-refractivity contribution in [1.82, 2.24) is 15.5 Å². The molecule has 1 fully saturated rings. The highest BCUT2D eigenvalue weighted by atomic mass is 16.2. The van der Waals surface area contributed by atoms with Gasteiger partial charge in [-0.25, -0.2) is 4.79 Å². The normalized spacial score (nSPS) is 21.0. The number of carbonyl (C=O) groups is 3. The second-order valence-corrected chi connectivity index (χ2v) is 5.45. The second-order valence-electron chi connectivity index (χ2n) is 5.45. The fourth-order valence-electron chi connectivity index (χ4n) is 2.33. The van der Waals surface area contributed by atoms with E-state index in [1.165, 1.54) is 0 Å². The van der Waals surface area contributed by atoms with Crippen LogP contribution in [-0.2, 0) is 15.1 Å². The number of rotatable bonds is 5. The molecular formula is C15H20N4O3. The van der Waals surface area contributed by atoms with Crippen LogP contribution in [0.3, 0.4) is 0 Å². The molecule has 0 saturated carbocycles. The molecule has 1 saturated heterocycles. The summed E-state index contributed by atoms with van der Waals surface area (Å²) in [5, 5.41) is 5.20. The van der Waals surface area contributed by atoms with Crippen molar-refractivity contribution in [2.75, 3.05) is 19.6 Å². The molecule has 7 heteroatoms. The van der Waals surface area contributed by atoms with Crippen LogP contribution in [0, 0.1) is 6.92 Å². The van der Waals surface area contributed by atoms with E-state index >= 15 is 0 Å². The highest BCUT2D eigenvalue weighted by Gasteiger charge is 2.49. The minimum absolute atomic E-state index is 0.299. The molecule has 0 spiro atoms. The Morgan fingerprint density at radius 3 is 2.55 bits per heavy atom. The summed E-state index contributed by atoms with van der Waals surface area (Å²) >= 11 is 0. The topological polar surface area (TPSA) is 105 Å². The monoisotopic (exact) mass is 304 g/mol. The van der Waals surface area contributed by atoms with E-state index in [0.29, 0.717) is 18.7 Å². The number of benzene rings is 1. The summed E-state index contributed by atoms with van der Waals surface area (Å²) in [4.78, 5) is 37.2. The maximum absolute atomic E-state index is 12.6. The minimum Gasteiger partial charge on any atom is -0.353 e. The molecule has 1 atom stereocenters. The Morgan fingerprint density at radius 2 is 1.95 bits per heavy atom. The third kappa shape index (κ3) is 2.94. The quantitative estimate of drug-likeness (QED) is 0.657. The third-order valence-corrected chi connectivity index (χ3v) is 3.67. The molecule has 7 nitrogen and oxygen atoms in total. The second kappa shape index (κ2) is 6.15. The highest BCUT2D eigenvalue weighted by Crippen LogP contribution is 2.28. The maximum atomic E-state index is 12.6. The molecule has 22 heavy (non-hydrogen) atoms. The van der Waals surface area contributed by atoms with Gasteiger partial charge in [0.15, 0.2) is 0 Å². The zero-order valence-corrected chi connectivity index (χ0v) is 12.7. The standard InChI is InChI=1S/C15H20N4O3/c1-10-3-5-11(6-4-10)15(2)13(21)19(14(22)18-15)9-12(20)17-8-7-16/h3-6H,7-9,16H2,1-2H3,(H,17,20)(H,18,22). The number of hydrogen-bond acceptors (Lipinski definition) is 4. The number of imide groups is 1. The van der Waals surface area contributed by atoms with E-state index in [0.717, 1.165) is 10.5 Å². The van der Waals surface area contributed by atoms with Crippen LogP contribution in [0.5, 0.6) is 0 Å². The molecule has 1 aromatic carbocycles. The van der Waals surface area contributed by atoms with Gasteiger partial charge in [0.1, 0.15) is 12.1 Å². The highest BCUT2D eigenvalue weighted by molar-refractivity contribution is 6.09. The van der Waals surface area contributed by atoms with Gasteiger partial charge in [-0.3, -0.25) is 14.5 Å². The Labute approximate surface area is 128 Å². The van der Waals surface area contributed by atoms with E-state index in [4.69, 9.17) is 5.73 Å². The van der Waals surface area contributed by atoms with E-state index < -0.39 is 23.4 Å². The largest absolute Gasteiger partial charge is 0.353 e. The first-order valence-corrected chi connectivity index (χ1v) is 7.06. The zero-order chi connectivity index (χ0) is 16.3. The Hall–Kier alpha value is -2.41. The Morgan fingerprint density at radius 1 is 1.32 bits per heavy atom. The van der Waals surface area contributed by atoms with Crippen LogP contribution in [0.4, 0.5) is 4.79 Å². The van der Waals surface area contributed by atoms with Crippen molar-refractivity contribution in [2.45, 2.75) is 19.4 Å². The average molecular weight is 304 g/mol. The van der Waals surface area contributed by atoms with Gasteiger partial charge in [0.2, 0.25) is 5.91 Å². The van der Waals surface area contributed by atoms with E-state index in [1.807, 2.05) is 19.1 Å². The third-order valence-electron chi connectivity index (χ3n) is 3.67. The number of aryl methyl sites for hydroxylation is 1. The van der Waals surface area contributed by atoms with Crippen molar-refractivity contribution in [3.63, 3.8) is 0 Å². The van der Waals surface area contributed by atoms with E-state index in [2.05, 4.69) is 10.6 Å². The molecule has 2 rings (SSSR count). The van der Waals surface area contributed by atoms with Crippen LogP contribution in [-0.4, -0.2) is 42.4 Å². The predicted octanol–water partition coefficient (Wildman–Crippen LogP) is -0.163. The van der Waals surface area contributed by atoms with Crippen molar-refractivity contribution in [2.24, 2.45) is 5.73 Å². The van der Waals surface area contributed by atoms with Gasteiger partial charge in [-0.2, -0.15) is 0 Å². The molecule has 0 aromatic heterocycles. The fraction of sp³-hybridized carbons (Fsp3) is 0.400. The lowest BCUT2D eigenvalue weighted by atomic mass is 9.91. The first-order chi connectivity index (χ1) is 10.4. The van der Waals surface area contributed by atoms with E-state index in [-0.39, 0.29) is 6.54 Å². The number of nitrogens with zero attached hydrogens (tertiary/aromatic N) is 1. The van der Waals surface area contributed by atoms with Crippen LogP contribution in [0.25, 0.3) is 0 Å². The van der Waals surface area contributed by atoms with Crippen molar-refractivity contribution >= 4 is 17.8 Å². The number of nitrogens with one attached hydrogen (secondary N) is 2. The van der Waals surface area contributed by atoms with Gasteiger partial charge in [0.25, 0.3) is 5.91 Å². The lowest BCUT2D eigenvalue weighted by molar-refractivity contribution is -0.134. The summed E-state index contributed by atoms with van der Waals surface area (Å²) in [5.74, 6) is -0.855. The minimum atomic E-state index is -1.15. The molecular weight excluding hydrogens is 284 g/mol. The van der Waals surface area contributed by atoms with Crippen LogP contribution < -0.4 is 16.4 Å². The Bertz CT molecular complexity index is 599. The van der Waals surface area contributed by atoms with Gasteiger partial charge in [0, 0.05) is 13.1 Å². The van der Waals surface area contributed by atoms with Gasteiger partial charge in [0.05, 0.1) is 0 Å². The molecule has 1 aliphatic heterocycles. The molecule has 1 unspecified atom stereocenters. The fourth-order valence-corrected chi connectivity index (χ4v) is 2.33. The van der Waals surface area contributed by atoms with Crippen molar-refractivity contribution < 1.29 is 14.4 Å². The summed E-state index contributed by atoms with van der Waals surface area (Å²) in [7, 11) is 0. The molecule has 0 bridgehead atoms. The molecule has 1 aromatic rings. The predicted molar refractivity (Wildman–Crippen MR) is 80.8 cm³/mol. The molecule has 1 aliphatic rings. The molecule has 0 radical (unpaired) electrons. The number of nitrogens with two attached hydrogens (primary N) is 1. The van der Waals surface area contributed by atoms with Crippen LogP contribution >= 0.6 is 0 Å². The van der Waals surface area contributed by atoms with Gasteiger partial charge in [-0.1, -0.05) is 29.8 Å². The molecule has 4 amide bonds. The first-order valence-electron chi connectivity index (χ1n) is 7.06. The molecule has 4 N–H and O–H groups in total. The van der Waals surface area contributed by atoms with Crippen LogP contribution in [0.15, 0.2) is 24.3 Å². The number of urea groups is 1. The summed E-state index contributed by atoms with van der Waals surface area (Å²) in [5.41, 5.74) is 5.88. The Kier molecular flexibility index (Phi) is 4.46. The summed E-state index contributed by atoms with van der Waals surface area (Å²) in [6, 6.07) is 6.76. The summed E-state index contributed by atoms with van der Waals surface area (Å²) in [6.45, 7) is 3.86. The smallest absolute Gasteiger partial charge is 0.325 e. The number of hydrogen-bond donors (Lipinski definition) is 3. The molecule has 1 heterocycles. The number of amides is 4. The zero-order valence-electron chi connectivity index (χ0n) is 12.7. The van der Waals surface area contributed by atoms with Crippen molar-refractivity contribution in [3.05, 3.63) is 35.4 Å². The van der Waals surface area contributed by atoms with E-state index in [9.17, 15) is 14.4 Å². The lowest BCUT2D eigenvalue weighted by Crippen LogP contribution is -2.43. The summed E-state index contributed by atoms with van der Waals surface area (Å²) in [6.07, 6.45) is 0. The van der Waals surface area contributed by atoms with Gasteiger partial charge < -0.3 is 16.4 Å². The van der Waals surface area contributed by atoms with Crippen LogP contribution in [0.2, 0.25) is 0 Å². The number of carbonyl (C=O) groups excluding carboxylic acids is 3. The summed E-state index contributed by atoms with van der Waals surface area (Å²) < 4.78 is 0. The van der Waals surface area contributed by atoms with Crippen molar-refractivity contribution in [3.8, 4) is 0 Å².